The molecule has 256 valence electrons. The molecule has 1 aromatic heterocycles. The van der Waals surface area contributed by atoms with E-state index in [9.17, 15) is 9.90 Å². The Bertz CT molecular complexity index is 1720. The number of nitrogens with one attached hydrogen (secondary N) is 2. The lowest BCUT2D eigenvalue weighted by Gasteiger charge is -2.56. The molecule has 2 heterocycles. The van der Waals surface area contributed by atoms with Crippen LogP contribution in [0.5, 0.6) is 0 Å². The van der Waals surface area contributed by atoms with Crippen LogP contribution in [0.15, 0.2) is 84.3 Å². The Kier molecular flexibility index (Phi) is 9.22. The van der Waals surface area contributed by atoms with Gasteiger partial charge in [-0.2, -0.15) is 0 Å². The molecule has 4 bridgehead atoms. The number of carbonyl (C=O) groups is 1. The van der Waals surface area contributed by atoms with E-state index in [4.69, 9.17) is 9.47 Å². The number of aliphatic hydroxyl groups is 1. The Morgan fingerprint density at radius 3 is 2.29 bits per heavy atom. The number of ether oxygens (including phenoxy) is 2. The molecule has 9 nitrogen and oxygen atoms in total. The van der Waals surface area contributed by atoms with Crippen molar-refractivity contribution in [1.29, 1.82) is 0 Å². The third kappa shape index (κ3) is 7.15. The quantitative estimate of drug-likeness (QED) is 0.154. The molecule has 9 rings (SSSR count). The molecule has 0 spiro atoms. The molecule has 3 aromatic carbocycles. The van der Waals surface area contributed by atoms with Gasteiger partial charge in [0.15, 0.2) is 11.4 Å². The number of aryl methyl sites for hydroxylation is 1. The lowest BCUT2D eigenvalue weighted by molar-refractivity contribution is -0.245. The molecule has 2 amide bonds. The van der Waals surface area contributed by atoms with Gasteiger partial charge in [-0.05, 0) is 84.1 Å². The minimum absolute atomic E-state index is 0.00747. The first-order chi connectivity index (χ1) is 23.9. The van der Waals surface area contributed by atoms with E-state index in [0.717, 1.165) is 75.6 Å². The van der Waals surface area contributed by atoms with Gasteiger partial charge in [-0.1, -0.05) is 84.6 Å². The van der Waals surface area contributed by atoms with Crippen LogP contribution in [0.1, 0.15) is 79.6 Å². The molecule has 4 aliphatic carbocycles. The summed E-state index contributed by atoms with van der Waals surface area (Å²) in [5.74, 6) is 3.08. The monoisotopic (exact) mass is 679 g/mol. The molecule has 1 aliphatic heterocycles. The van der Waals surface area contributed by atoms with E-state index in [0.29, 0.717) is 18.7 Å². The summed E-state index contributed by atoms with van der Waals surface area (Å²) in [6, 6.07) is 24.6. The smallest absolute Gasteiger partial charge is 0.315 e. The zero-order valence-corrected chi connectivity index (χ0v) is 28.8. The van der Waals surface area contributed by atoms with E-state index < -0.39 is 6.29 Å². The molecule has 4 saturated carbocycles. The highest BCUT2D eigenvalue weighted by Crippen LogP contribution is 2.55. The molecule has 49 heavy (non-hydrogen) atoms. The predicted molar refractivity (Wildman–Crippen MR) is 188 cm³/mol. The topological polar surface area (TPSA) is 111 Å². The van der Waals surface area contributed by atoms with Crippen LogP contribution in [0.3, 0.4) is 0 Å². The van der Waals surface area contributed by atoms with Crippen molar-refractivity contribution in [1.82, 2.24) is 25.4 Å². The highest BCUT2D eigenvalue weighted by molar-refractivity contribution is 7.99. The van der Waals surface area contributed by atoms with Gasteiger partial charge >= 0.3 is 6.03 Å². The van der Waals surface area contributed by atoms with Crippen LogP contribution in [0.2, 0.25) is 0 Å². The fourth-order valence-corrected chi connectivity index (χ4v) is 10.00. The molecule has 5 aliphatic rings. The normalized spacial score (nSPS) is 28.8. The lowest BCUT2D eigenvalue weighted by atomic mass is 9.53. The number of hydrogen-bond acceptors (Lipinski definition) is 7. The van der Waals surface area contributed by atoms with Crippen molar-refractivity contribution in [3.05, 3.63) is 101 Å². The summed E-state index contributed by atoms with van der Waals surface area (Å²) in [5, 5.41) is 25.2. The average Bonchev–Trinajstić information content (AvgIpc) is 3.53. The first kappa shape index (κ1) is 32.5. The van der Waals surface area contributed by atoms with Crippen molar-refractivity contribution in [2.45, 2.75) is 87.3 Å². The van der Waals surface area contributed by atoms with E-state index in [2.05, 4.69) is 57.2 Å². The van der Waals surface area contributed by atoms with E-state index >= 15 is 0 Å². The number of hydrogen-bond donors (Lipinski definition) is 3. The van der Waals surface area contributed by atoms with Gasteiger partial charge in [0, 0.05) is 36.9 Å². The third-order valence-corrected chi connectivity index (χ3v) is 12.2. The Morgan fingerprint density at radius 1 is 0.918 bits per heavy atom. The summed E-state index contributed by atoms with van der Waals surface area (Å²) in [7, 11) is 1.94. The van der Waals surface area contributed by atoms with Gasteiger partial charge in [0.1, 0.15) is 6.33 Å². The summed E-state index contributed by atoms with van der Waals surface area (Å²) in [5.41, 5.74) is 6.11. The van der Waals surface area contributed by atoms with Gasteiger partial charge in [0.25, 0.3) is 0 Å². The number of aromatic nitrogens is 3. The zero-order valence-electron chi connectivity index (χ0n) is 28.0. The second-order valence-electron chi connectivity index (χ2n) is 14.7. The number of rotatable bonds is 10. The molecular formula is C39H45N5O4S. The highest BCUT2D eigenvalue weighted by atomic mass is 32.2. The van der Waals surface area contributed by atoms with Gasteiger partial charge in [-0.15, -0.1) is 10.2 Å². The molecule has 0 radical (unpaired) electrons. The molecule has 3 N–H and O–H groups in total. The Morgan fingerprint density at radius 2 is 1.61 bits per heavy atom. The maximum atomic E-state index is 13.2. The number of urea groups is 1. The van der Waals surface area contributed by atoms with Gasteiger partial charge < -0.3 is 29.8 Å². The summed E-state index contributed by atoms with van der Waals surface area (Å²) >= 11 is 1.63. The number of benzene rings is 3. The Hall–Kier alpha value is -3.70. The van der Waals surface area contributed by atoms with E-state index in [1.165, 1.54) is 19.3 Å². The predicted octanol–water partition coefficient (Wildman–Crippen LogP) is 7.08. The van der Waals surface area contributed by atoms with Gasteiger partial charge in [0.2, 0.25) is 0 Å². The summed E-state index contributed by atoms with van der Waals surface area (Å²) in [4.78, 5) is 13.2. The molecule has 0 unspecified atom stereocenters. The molecule has 1 saturated heterocycles. The standard InChI is InChI=1S/C39H45N5O4S/c1-44-24-41-43-38(44)49-23-33-17-35(30-8-6-25(22-45)7-9-30)48-36(47-33)31-12-10-29(11-13-31)34-5-3-2-4-32(34)21-40-37(46)42-39-18-26-14-27(19-39)16-28(15-26)20-39/h2-13,24,26-28,33,35-36,45H,14-23H2,1H3,(H2,40,42,46)/t26?,27?,28?,33-,35+,36+,39?/m0/s1. The molecule has 3 atom stereocenters. The largest absolute Gasteiger partial charge is 0.392 e. The van der Waals surface area contributed by atoms with E-state index in [1.54, 1.807) is 18.1 Å². The van der Waals surface area contributed by atoms with Crippen LogP contribution in [-0.2, 0) is 29.7 Å². The SMILES string of the molecule is Cn1cnnc1SC[C@@H]1C[C@H](c2ccc(CO)cc2)O[C@H](c2ccc(-c3ccccc3CNC(=O)NC34CC5CC(CC(C5)C3)C4)cc2)O1. The molecule has 10 heteroatoms. The van der Waals surface area contributed by atoms with Gasteiger partial charge in [-0.25, -0.2) is 4.79 Å². The van der Waals surface area contributed by atoms with Crippen LogP contribution in [0.25, 0.3) is 11.1 Å². The number of carbonyl (C=O) groups excluding carboxylic acids is 1. The summed E-state index contributed by atoms with van der Waals surface area (Å²) in [6.07, 6.45) is 9.13. The van der Waals surface area contributed by atoms with E-state index in [1.807, 2.05) is 48.0 Å². The fourth-order valence-electron chi connectivity index (χ4n) is 9.09. The number of amides is 2. The van der Waals surface area contributed by atoms with E-state index in [-0.39, 0.29) is 30.4 Å². The molecule has 5 fully saturated rings. The second kappa shape index (κ2) is 13.9. The third-order valence-electron chi connectivity index (χ3n) is 11.1. The van der Waals surface area contributed by atoms with Crippen molar-refractivity contribution >= 4 is 17.8 Å². The fraction of sp³-hybridized carbons (Fsp3) is 0.462. The van der Waals surface area contributed by atoms with Crippen molar-refractivity contribution in [2.75, 3.05) is 5.75 Å². The molecule has 4 aromatic rings. The maximum absolute atomic E-state index is 13.2. The number of nitrogens with zero attached hydrogens (tertiary/aromatic N) is 3. The minimum Gasteiger partial charge on any atom is -0.392 e. The lowest BCUT2D eigenvalue weighted by Crippen LogP contribution is -2.61. The van der Waals surface area contributed by atoms with Gasteiger partial charge in [-0.3, -0.25) is 0 Å². The van der Waals surface area contributed by atoms with Crippen LogP contribution in [-0.4, -0.2) is 43.3 Å². The zero-order chi connectivity index (χ0) is 33.4. The average molecular weight is 680 g/mol. The number of aliphatic hydroxyl groups excluding tert-OH is 1. The van der Waals surface area contributed by atoms with Crippen molar-refractivity contribution in [3.63, 3.8) is 0 Å². The molecular weight excluding hydrogens is 635 g/mol. The van der Waals surface area contributed by atoms with Gasteiger partial charge in [0.05, 0.1) is 18.8 Å². The van der Waals surface area contributed by atoms with Crippen LogP contribution in [0.4, 0.5) is 4.79 Å². The first-order valence-corrected chi connectivity index (χ1v) is 18.6. The van der Waals surface area contributed by atoms with Crippen LogP contribution >= 0.6 is 11.8 Å². The number of thioether (sulfide) groups is 1. The maximum Gasteiger partial charge on any atom is 0.315 e. The minimum atomic E-state index is -0.541. The van der Waals surface area contributed by atoms with Crippen LogP contribution in [0, 0.1) is 17.8 Å². The van der Waals surface area contributed by atoms with Crippen LogP contribution < -0.4 is 10.6 Å². The Balaban J connectivity index is 0.949. The Labute approximate surface area is 292 Å². The summed E-state index contributed by atoms with van der Waals surface area (Å²) < 4.78 is 15.0. The van der Waals surface area contributed by atoms with Crippen molar-refractivity contribution in [2.24, 2.45) is 24.8 Å². The highest BCUT2D eigenvalue weighted by Gasteiger charge is 2.51. The summed E-state index contributed by atoms with van der Waals surface area (Å²) in [6.45, 7) is 0.474. The second-order valence-corrected chi connectivity index (χ2v) is 15.7. The van der Waals surface area contributed by atoms with Crippen molar-refractivity contribution < 1.29 is 19.4 Å². The van der Waals surface area contributed by atoms with Crippen molar-refractivity contribution in [3.8, 4) is 11.1 Å². The first-order valence-electron chi connectivity index (χ1n) is 17.6.